The van der Waals surface area contributed by atoms with Crippen molar-refractivity contribution >= 4 is 11.6 Å². The molecule has 4 nitrogen and oxygen atoms in total. The number of carbonyl (C=O) groups is 1. The second-order valence-electron chi connectivity index (χ2n) is 5.61. The Morgan fingerprint density at radius 1 is 1.26 bits per heavy atom. The van der Waals surface area contributed by atoms with Gasteiger partial charge < -0.3 is 9.88 Å². The molecule has 1 N–H and O–H groups in total. The molecule has 0 fully saturated rings. The van der Waals surface area contributed by atoms with Gasteiger partial charge in [-0.1, -0.05) is 39.0 Å². The van der Waals surface area contributed by atoms with Gasteiger partial charge in [0, 0.05) is 25.1 Å². The van der Waals surface area contributed by atoms with Crippen molar-refractivity contribution in [3.05, 3.63) is 48.0 Å². The summed E-state index contributed by atoms with van der Waals surface area (Å²) in [5.74, 6) is 0.216. The molecule has 1 amide bonds. The fraction of sp³-hybridized carbons (Fsp3) is 0.333. The van der Waals surface area contributed by atoms with E-state index in [1.165, 1.54) is 0 Å². The number of imidazole rings is 1. The van der Waals surface area contributed by atoms with Gasteiger partial charge in [0.05, 0.1) is 0 Å². The highest BCUT2D eigenvalue weighted by Gasteiger charge is 2.19. The van der Waals surface area contributed by atoms with Gasteiger partial charge in [0.25, 0.3) is 5.91 Å². The van der Waals surface area contributed by atoms with Crippen LogP contribution in [0.1, 0.15) is 37.0 Å². The van der Waals surface area contributed by atoms with Gasteiger partial charge in [-0.15, -0.1) is 0 Å². The minimum atomic E-state index is -0.191. The number of hydrogen-bond acceptors (Lipinski definition) is 2. The third-order valence-corrected chi connectivity index (χ3v) is 3.01. The van der Waals surface area contributed by atoms with Crippen molar-refractivity contribution in [2.75, 3.05) is 5.32 Å². The van der Waals surface area contributed by atoms with E-state index in [2.05, 4.69) is 31.1 Å². The molecule has 1 heterocycles. The van der Waals surface area contributed by atoms with Gasteiger partial charge in [0.15, 0.2) is 5.82 Å². The summed E-state index contributed by atoms with van der Waals surface area (Å²) in [6, 6.07) is 7.86. The molecule has 0 aliphatic carbocycles. The van der Waals surface area contributed by atoms with Crippen LogP contribution in [0.2, 0.25) is 0 Å². The fourth-order valence-electron chi connectivity index (χ4n) is 2.01. The lowest BCUT2D eigenvalue weighted by Gasteiger charge is -2.22. The highest BCUT2D eigenvalue weighted by molar-refractivity contribution is 6.02. The third kappa shape index (κ3) is 2.84. The topological polar surface area (TPSA) is 46.9 Å². The number of nitrogens with zero attached hydrogens (tertiary/aromatic N) is 2. The van der Waals surface area contributed by atoms with Crippen molar-refractivity contribution in [3.8, 4) is 0 Å². The van der Waals surface area contributed by atoms with Crippen LogP contribution in [0.4, 0.5) is 5.69 Å². The normalized spacial score (nSPS) is 11.4. The standard InChI is InChI=1S/C15H19N3O/c1-15(2,3)11-7-5-6-8-12(11)17-14(19)13-16-9-10-18(13)4/h5-10H,1-4H3,(H,17,19). The Morgan fingerprint density at radius 3 is 2.53 bits per heavy atom. The summed E-state index contributed by atoms with van der Waals surface area (Å²) >= 11 is 0. The summed E-state index contributed by atoms with van der Waals surface area (Å²) in [7, 11) is 1.80. The van der Waals surface area contributed by atoms with E-state index in [0.29, 0.717) is 5.82 Å². The second-order valence-corrected chi connectivity index (χ2v) is 5.61. The lowest BCUT2D eigenvalue weighted by atomic mass is 9.86. The first kappa shape index (κ1) is 13.3. The average molecular weight is 257 g/mol. The number of carbonyl (C=O) groups excluding carboxylic acids is 1. The Kier molecular flexibility index (Phi) is 3.42. The van der Waals surface area contributed by atoms with E-state index in [4.69, 9.17) is 0 Å². The van der Waals surface area contributed by atoms with Crippen LogP contribution in [-0.2, 0) is 12.5 Å². The summed E-state index contributed by atoms with van der Waals surface area (Å²) in [6.45, 7) is 6.37. The minimum Gasteiger partial charge on any atom is -0.330 e. The SMILES string of the molecule is Cn1ccnc1C(=O)Nc1ccccc1C(C)(C)C. The molecular weight excluding hydrogens is 238 g/mol. The van der Waals surface area contributed by atoms with E-state index in [-0.39, 0.29) is 11.3 Å². The summed E-state index contributed by atoms with van der Waals surface area (Å²) in [5, 5.41) is 2.94. The van der Waals surface area contributed by atoms with Gasteiger partial charge in [0.1, 0.15) is 0 Å². The zero-order valence-electron chi connectivity index (χ0n) is 11.8. The van der Waals surface area contributed by atoms with E-state index in [9.17, 15) is 4.79 Å². The number of aryl methyl sites for hydroxylation is 1. The molecule has 1 aromatic carbocycles. The number of amides is 1. The Labute approximate surface area is 113 Å². The van der Waals surface area contributed by atoms with Crippen LogP contribution in [0.5, 0.6) is 0 Å². The summed E-state index contributed by atoms with van der Waals surface area (Å²) in [4.78, 5) is 16.2. The van der Waals surface area contributed by atoms with E-state index in [0.717, 1.165) is 11.3 Å². The molecule has 0 saturated heterocycles. The van der Waals surface area contributed by atoms with Crippen LogP contribution < -0.4 is 5.32 Å². The molecule has 2 aromatic rings. The van der Waals surface area contributed by atoms with Crippen molar-refractivity contribution in [1.82, 2.24) is 9.55 Å². The Balaban J connectivity index is 2.30. The lowest BCUT2D eigenvalue weighted by Crippen LogP contribution is -2.20. The van der Waals surface area contributed by atoms with Crippen LogP contribution in [0, 0.1) is 0 Å². The zero-order chi connectivity index (χ0) is 14.0. The summed E-state index contributed by atoms with van der Waals surface area (Å²) < 4.78 is 1.70. The molecule has 0 aliphatic rings. The molecule has 0 radical (unpaired) electrons. The third-order valence-electron chi connectivity index (χ3n) is 3.01. The second kappa shape index (κ2) is 4.88. The molecule has 19 heavy (non-hydrogen) atoms. The zero-order valence-corrected chi connectivity index (χ0v) is 11.8. The molecule has 4 heteroatoms. The maximum atomic E-state index is 12.2. The molecule has 0 unspecified atom stereocenters. The quantitative estimate of drug-likeness (QED) is 0.899. The molecule has 1 aromatic heterocycles. The Hall–Kier alpha value is -2.10. The molecule has 0 saturated carbocycles. The Bertz CT molecular complexity index is 593. The molecule has 2 rings (SSSR count). The maximum absolute atomic E-state index is 12.2. The molecule has 0 atom stereocenters. The van der Waals surface area contributed by atoms with Crippen LogP contribution in [0.15, 0.2) is 36.7 Å². The number of anilines is 1. The van der Waals surface area contributed by atoms with Gasteiger partial charge in [-0.25, -0.2) is 4.98 Å². The molecule has 0 aliphatic heterocycles. The van der Waals surface area contributed by atoms with E-state index >= 15 is 0 Å². The number of aromatic nitrogens is 2. The predicted molar refractivity (Wildman–Crippen MR) is 76.3 cm³/mol. The first-order valence-electron chi connectivity index (χ1n) is 6.28. The molecule has 100 valence electrons. The number of para-hydroxylation sites is 1. The van der Waals surface area contributed by atoms with Gasteiger partial charge in [0.2, 0.25) is 0 Å². The van der Waals surface area contributed by atoms with Crippen molar-refractivity contribution in [3.63, 3.8) is 0 Å². The van der Waals surface area contributed by atoms with Crippen molar-refractivity contribution in [2.24, 2.45) is 7.05 Å². The summed E-state index contributed by atoms with van der Waals surface area (Å²) in [5.41, 5.74) is 1.92. The van der Waals surface area contributed by atoms with Crippen molar-refractivity contribution < 1.29 is 4.79 Å². The van der Waals surface area contributed by atoms with Crippen LogP contribution in [0.3, 0.4) is 0 Å². The first-order valence-corrected chi connectivity index (χ1v) is 6.28. The predicted octanol–water partition coefficient (Wildman–Crippen LogP) is 2.97. The number of rotatable bonds is 2. The van der Waals surface area contributed by atoms with E-state index < -0.39 is 0 Å². The molecule has 0 spiro atoms. The van der Waals surface area contributed by atoms with Gasteiger partial charge in [-0.2, -0.15) is 0 Å². The monoisotopic (exact) mass is 257 g/mol. The largest absolute Gasteiger partial charge is 0.330 e. The highest BCUT2D eigenvalue weighted by atomic mass is 16.2. The van der Waals surface area contributed by atoms with Crippen molar-refractivity contribution in [2.45, 2.75) is 26.2 Å². The van der Waals surface area contributed by atoms with Gasteiger partial charge in [-0.3, -0.25) is 4.79 Å². The Morgan fingerprint density at radius 2 is 1.95 bits per heavy atom. The van der Waals surface area contributed by atoms with Crippen LogP contribution in [0.25, 0.3) is 0 Å². The lowest BCUT2D eigenvalue weighted by molar-refractivity contribution is 0.101. The number of benzene rings is 1. The molecule has 0 bridgehead atoms. The van der Waals surface area contributed by atoms with Crippen LogP contribution >= 0.6 is 0 Å². The summed E-state index contributed by atoms with van der Waals surface area (Å²) in [6.07, 6.45) is 3.37. The van der Waals surface area contributed by atoms with Crippen LogP contribution in [-0.4, -0.2) is 15.5 Å². The smallest absolute Gasteiger partial charge is 0.291 e. The average Bonchev–Trinajstić information content (AvgIpc) is 2.75. The number of nitrogens with one attached hydrogen (secondary N) is 1. The molecular formula is C15H19N3O. The van der Waals surface area contributed by atoms with E-state index in [1.54, 1.807) is 24.0 Å². The van der Waals surface area contributed by atoms with Gasteiger partial charge in [-0.05, 0) is 17.0 Å². The highest BCUT2D eigenvalue weighted by Crippen LogP contribution is 2.29. The van der Waals surface area contributed by atoms with E-state index in [1.807, 2.05) is 24.3 Å². The first-order chi connectivity index (χ1) is 8.89. The minimum absolute atomic E-state index is 0.0223. The fourth-order valence-corrected chi connectivity index (χ4v) is 2.01. The van der Waals surface area contributed by atoms with Crippen molar-refractivity contribution in [1.29, 1.82) is 0 Å². The number of hydrogen-bond donors (Lipinski definition) is 1. The van der Waals surface area contributed by atoms with Gasteiger partial charge >= 0.3 is 0 Å². The maximum Gasteiger partial charge on any atom is 0.291 e.